The first-order valence-electron chi connectivity index (χ1n) is 24.4. The summed E-state index contributed by atoms with van der Waals surface area (Å²) in [5.74, 6) is 0.361. The van der Waals surface area contributed by atoms with Crippen LogP contribution in [0.15, 0.2) is 128 Å². The molecule has 1 fully saturated rings. The third-order valence-corrected chi connectivity index (χ3v) is 12.4. The molecule has 72 heavy (non-hydrogen) atoms. The van der Waals surface area contributed by atoms with Crippen molar-refractivity contribution in [2.45, 2.75) is 71.0 Å². The van der Waals surface area contributed by atoms with Crippen LogP contribution in [0.3, 0.4) is 0 Å². The maximum atomic E-state index is 13.5. The van der Waals surface area contributed by atoms with E-state index in [2.05, 4.69) is 31.4 Å². The van der Waals surface area contributed by atoms with E-state index < -0.39 is 17.9 Å². The fourth-order valence-corrected chi connectivity index (χ4v) is 8.55. The zero-order valence-electron chi connectivity index (χ0n) is 40.4. The largest absolute Gasteiger partial charge is 0.494 e. The summed E-state index contributed by atoms with van der Waals surface area (Å²) in [6.07, 6.45) is 8.69. The molecule has 14 nitrogen and oxygen atoms in total. The lowest BCUT2D eigenvalue weighted by Gasteiger charge is -2.27. The van der Waals surface area contributed by atoms with Gasteiger partial charge in [0.25, 0.3) is 0 Å². The molecule has 7 aromatic rings. The molecule has 0 aliphatic heterocycles. The van der Waals surface area contributed by atoms with Crippen molar-refractivity contribution in [2.75, 3.05) is 39.6 Å². The number of fused-ring (bicyclic) bond motifs is 7. The molecule has 0 saturated heterocycles. The summed E-state index contributed by atoms with van der Waals surface area (Å²) in [6.45, 7) is 11.1. The number of aryl methyl sites for hydroxylation is 1. The van der Waals surface area contributed by atoms with Crippen molar-refractivity contribution in [1.82, 2.24) is 9.97 Å². The van der Waals surface area contributed by atoms with Gasteiger partial charge >= 0.3 is 23.9 Å². The van der Waals surface area contributed by atoms with Crippen molar-refractivity contribution in [1.29, 1.82) is 0 Å². The van der Waals surface area contributed by atoms with E-state index in [9.17, 15) is 19.2 Å². The predicted octanol–water partition coefficient (Wildman–Crippen LogP) is 11.1. The van der Waals surface area contributed by atoms with Gasteiger partial charge in [-0.05, 0) is 147 Å². The zero-order chi connectivity index (χ0) is 50.2. The quantitative estimate of drug-likeness (QED) is 0.0140. The summed E-state index contributed by atoms with van der Waals surface area (Å²) in [4.78, 5) is 59.0. The molecule has 14 heteroatoms. The third-order valence-electron chi connectivity index (χ3n) is 12.4. The molecule has 0 N–H and O–H groups in total. The highest BCUT2D eigenvalue weighted by atomic mass is 16.6. The van der Waals surface area contributed by atoms with E-state index in [1.54, 1.807) is 42.5 Å². The van der Waals surface area contributed by atoms with Crippen molar-refractivity contribution in [2.24, 2.45) is 5.92 Å². The van der Waals surface area contributed by atoms with Gasteiger partial charge in [-0.2, -0.15) is 0 Å². The Hall–Kier alpha value is -7.68. The monoisotopic (exact) mass is 974 g/mol. The molecular formula is C58H58N2O12. The number of aromatic nitrogens is 2. The molecule has 1 aromatic heterocycles. The van der Waals surface area contributed by atoms with Crippen LogP contribution < -0.4 is 18.9 Å². The number of unbranched alkanes of at least 4 members (excludes halogenated alkanes) is 3. The van der Waals surface area contributed by atoms with Crippen LogP contribution in [-0.4, -0.2) is 79.6 Å². The minimum absolute atomic E-state index is 0.00931. The van der Waals surface area contributed by atoms with Crippen LogP contribution in [0, 0.1) is 12.8 Å². The Bertz CT molecular complexity index is 3050. The molecule has 0 radical (unpaired) electrons. The number of carbonyl (C=O) groups is 4. The highest BCUT2D eigenvalue weighted by Gasteiger charge is 2.28. The van der Waals surface area contributed by atoms with Crippen molar-refractivity contribution in [3.63, 3.8) is 0 Å². The molecular weight excluding hydrogens is 917 g/mol. The van der Waals surface area contributed by atoms with Crippen molar-refractivity contribution in [3.8, 4) is 23.0 Å². The lowest BCUT2D eigenvalue weighted by molar-refractivity contribution is -0.141. The first-order chi connectivity index (χ1) is 35.1. The molecule has 372 valence electrons. The van der Waals surface area contributed by atoms with Crippen LogP contribution in [0.2, 0.25) is 0 Å². The number of nitrogens with zero attached hydrogens (tertiary/aromatic N) is 2. The number of carbonyl (C=O) groups excluding carboxylic acids is 4. The van der Waals surface area contributed by atoms with Gasteiger partial charge in [0.05, 0.1) is 72.7 Å². The summed E-state index contributed by atoms with van der Waals surface area (Å²) >= 11 is 0. The van der Waals surface area contributed by atoms with Gasteiger partial charge in [0.2, 0.25) is 0 Å². The topological polar surface area (TPSA) is 168 Å². The van der Waals surface area contributed by atoms with Gasteiger partial charge in [-0.15, -0.1) is 0 Å². The fourth-order valence-electron chi connectivity index (χ4n) is 8.55. The average Bonchev–Trinajstić information content (AvgIpc) is 3.40. The standard InChI is InChI=1S/C58H58N2O12/c1-4-53(61)68-29-9-7-6-8-28-66-42-19-21-44(22-20-42)71-57(63)41-15-17-43(18-16-41)70-37-39-11-13-40(14-12-39)58(64)72-46-23-26-48-47-25-10-38(3)34-49(47)55-56(50(48)35-46)59-51-27-24-45(36-52(51)60-55)67-32-30-65-31-33-69-54(62)5-2/h4-5,10-14,19-27,34-36,41,43H,1-2,6-9,15-18,28-33,37H2,3H3. The van der Waals surface area contributed by atoms with Crippen LogP contribution in [-0.2, 0) is 39.9 Å². The van der Waals surface area contributed by atoms with Gasteiger partial charge in [-0.1, -0.05) is 43.0 Å². The number of esters is 4. The van der Waals surface area contributed by atoms with Crippen LogP contribution in [0.5, 0.6) is 23.0 Å². The number of hydrogen-bond donors (Lipinski definition) is 0. The van der Waals surface area contributed by atoms with E-state index >= 15 is 0 Å². The van der Waals surface area contributed by atoms with E-state index in [-0.39, 0.29) is 31.2 Å². The van der Waals surface area contributed by atoms with Crippen molar-refractivity contribution in [3.05, 3.63) is 145 Å². The Kier molecular flexibility index (Phi) is 17.6. The number of rotatable bonds is 24. The molecule has 0 unspecified atom stereocenters. The van der Waals surface area contributed by atoms with Crippen LogP contribution in [0.1, 0.15) is 72.9 Å². The van der Waals surface area contributed by atoms with Gasteiger partial charge < -0.3 is 37.9 Å². The second kappa shape index (κ2) is 24.9. The van der Waals surface area contributed by atoms with Gasteiger partial charge in [-0.3, -0.25) is 4.79 Å². The van der Waals surface area contributed by atoms with E-state index in [4.69, 9.17) is 47.9 Å². The Morgan fingerprint density at radius 1 is 0.556 bits per heavy atom. The summed E-state index contributed by atoms with van der Waals surface area (Å²) in [5.41, 5.74) is 5.14. The predicted molar refractivity (Wildman–Crippen MR) is 273 cm³/mol. The van der Waals surface area contributed by atoms with Gasteiger partial charge in [-0.25, -0.2) is 24.4 Å². The first-order valence-corrected chi connectivity index (χ1v) is 24.4. The Morgan fingerprint density at radius 2 is 1.17 bits per heavy atom. The van der Waals surface area contributed by atoms with E-state index in [0.29, 0.717) is 96.5 Å². The van der Waals surface area contributed by atoms with Gasteiger partial charge in [0.15, 0.2) is 0 Å². The summed E-state index contributed by atoms with van der Waals surface area (Å²) in [5, 5.41) is 3.72. The van der Waals surface area contributed by atoms with E-state index in [0.717, 1.165) is 77.3 Å². The number of benzene rings is 6. The number of ether oxygens (including phenoxy) is 8. The normalized spacial score (nSPS) is 14.5. The Morgan fingerprint density at radius 3 is 1.90 bits per heavy atom. The van der Waals surface area contributed by atoms with Crippen LogP contribution in [0.4, 0.5) is 0 Å². The fraction of sp³-hybridized carbons (Fsp3) is 0.310. The van der Waals surface area contributed by atoms with E-state index in [1.807, 2.05) is 49.4 Å². The zero-order valence-corrected chi connectivity index (χ0v) is 40.4. The third kappa shape index (κ3) is 13.6. The molecule has 0 spiro atoms. The Labute approximate surface area is 417 Å². The summed E-state index contributed by atoms with van der Waals surface area (Å²) in [6, 6.07) is 31.7. The van der Waals surface area contributed by atoms with Crippen LogP contribution >= 0.6 is 0 Å². The first kappa shape index (κ1) is 50.7. The summed E-state index contributed by atoms with van der Waals surface area (Å²) < 4.78 is 45.1. The molecule has 0 amide bonds. The molecule has 0 atom stereocenters. The second-order valence-electron chi connectivity index (χ2n) is 17.6. The summed E-state index contributed by atoms with van der Waals surface area (Å²) in [7, 11) is 0. The molecule has 1 aliphatic carbocycles. The SMILES string of the molecule is C=CC(=O)OCCCCCCOc1ccc(OC(=O)C2CCC(OCc3ccc(C(=O)Oc4ccc5c6ccc(C)cc6c6nc7cc(OCCOCCOC(=O)C=C)ccc7nc6c5c4)cc3)CC2)cc1. The smallest absolute Gasteiger partial charge is 0.343 e. The van der Waals surface area contributed by atoms with Gasteiger partial charge in [0, 0.05) is 29.0 Å². The molecule has 1 saturated carbocycles. The van der Waals surface area contributed by atoms with Gasteiger partial charge in [0.1, 0.15) is 36.2 Å². The Balaban J connectivity index is 0.807. The van der Waals surface area contributed by atoms with Crippen LogP contribution in [0.25, 0.3) is 43.6 Å². The highest BCUT2D eigenvalue weighted by Crippen LogP contribution is 2.37. The van der Waals surface area contributed by atoms with Crippen molar-refractivity contribution >= 4 is 67.5 Å². The highest BCUT2D eigenvalue weighted by molar-refractivity contribution is 6.24. The lowest BCUT2D eigenvalue weighted by atomic mass is 9.87. The minimum Gasteiger partial charge on any atom is -0.494 e. The molecule has 6 aromatic carbocycles. The maximum absolute atomic E-state index is 13.5. The molecule has 0 bridgehead atoms. The number of hydrogen-bond acceptors (Lipinski definition) is 14. The average molecular weight is 975 g/mol. The maximum Gasteiger partial charge on any atom is 0.343 e. The molecule has 8 rings (SSSR count). The van der Waals surface area contributed by atoms with Crippen molar-refractivity contribution < 1.29 is 57.1 Å². The van der Waals surface area contributed by atoms with E-state index in [1.165, 1.54) is 6.08 Å². The minimum atomic E-state index is -0.493. The molecule has 1 aliphatic rings. The second-order valence-corrected chi connectivity index (χ2v) is 17.6. The molecule has 1 heterocycles. The lowest BCUT2D eigenvalue weighted by Crippen LogP contribution is -2.28.